The molecule has 1 heterocycles. The van der Waals surface area contributed by atoms with Gasteiger partial charge in [0.1, 0.15) is 11.6 Å². The minimum Gasteiger partial charge on any atom is -0.336 e. The van der Waals surface area contributed by atoms with Gasteiger partial charge in [0.2, 0.25) is 0 Å². The average Bonchev–Trinajstić information content (AvgIpc) is 3.03. The van der Waals surface area contributed by atoms with E-state index in [1.807, 2.05) is 23.9 Å². The van der Waals surface area contributed by atoms with Gasteiger partial charge in [0.05, 0.1) is 6.04 Å². The lowest BCUT2D eigenvalue weighted by atomic mass is 10.0. The molecule has 24 heavy (non-hydrogen) atoms. The van der Waals surface area contributed by atoms with E-state index in [0.717, 1.165) is 11.4 Å². The molecule has 2 aromatic carbocycles. The van der Waals surface area contributed by atoms with Gasteiger partial charge in [0.25, 0.3) is 0 Å². The summed E-state index contributed by atoms with van der Waals surface area (Å²) >= 11 is 1.72. The number of benzene rings is 2. The zero-order valence-corrected chi connectivity index (χ0v) is 14.6. The number of halogens is 1. The molecule has 0 saturated carbocycles. The SMILES string of the molecule is CSc1ccc(CN[C@@H](c2ccccc2F)c2nccn2C)cc1. The van der Waals surface area contributed by atoms with Gasteiger partial charge in [0, 0.05) is 36.4 Å². The molecule has 124 valence electrons. The van der Waals surface area contributed by atoms with Gasteiger partial charge < -0.3 is 4.57 Å². The molecule has 0 fully saturated rings. The van der Waals surface area contributed by atoms with Crippen molar-refractivity contribution in [3.05, 3.63) is 83.7 Å². The highest BCUT2D eigenvalue weighted by atomic mass is 32.2. The minimum absolute atomic E-state index is 0.226. The molecule has 0 saturated heterocycles. The second-order valence-electron chi connectivity index (χ2n) is 5.58. The second-order valence-corrected chi connectivity index (χ2v) is 6.46. The van der Waals surface area contributed by atoms with Gasteiger partial charge in [-0.15, -0.1) is 11.8 Å². The van der Waals surface area contributed by atoms with E-state index in [9.17, 15) is 4.39 Å². The van der Waals surface area contributed by atoms with Gasteiger partial charge in [-0.05, 0) is 30.0 Å². The molecule has 0 aliphatic rings. The van der Waals surface area contributed by atoms with Crippen molar-refractivity contribution in [2.75, 3.05) is 6.26 Å². The summed E-state index contributed by atoms with van der Waals surface area (Å²) in [6.45, 7) is 0.639. The van der Waals surface area contributed by atoms with Gasteiger partial charge in [-0.25, -0.2) is 9.37 Å². The quantitative estimate of drug-likeness (QED) is 0.683. The van der Waals surface area contributed by atoms with Crippen molar-refractivity contribution in [2.45, 2.75) is 17.5 Å². The third-order valence-corrected chi connectivity index (χ3v) is 4.75. The maximum Gasteiger partial charge on any atom is 0.130 e. The lowest BCUT2D eigenvalue weighted by Crippen LogP contribution is -2.25. The molecule has 3 nitrogen and oxygen atoms in total. The standard InChI is InChI=1S/C19H20FN3S/c1-23-12-11-21-19(23)18(16-5-3-4-6-17(16)20)22-13-14-7-9-15(24-2)10-8-14/h3-12,18,22H,13H2,1-2H3/t18-/m0/s1. The Kier molecular flexibility index (Phi) is 5.33. The number of nitrogens with one attached hydrogen (secondary N) is 1. The summed E-state index contributed by atoms with van der Waals surface area (Å²) in [7, 11) is 1.92. The Balaban J connectivity index is 1.85. The van der Waals surface area contributed by atoms with Crippen LogP contribution in [0.5, 0.6) is 0 Å². The number of nitrogens with zero attached hydrogens (tertiary/aromatic N) is 2. The molecule has 0 amide bonds. The second kappa shape index (κ2) is 7.64. The van der Waals surface area contributed by atoms with E-state index >= 15 is 0 Å². The van der Waals surface area contributed by atoms with Crippen molar-refractivity contribution in [1.29, 1.82) is 0 Å². The zero-order chi connectivity index (χ0) is 16.9. The van der Waals surface area contributed by atoms with E-state index in [0.29, 0.717) is 12.1 Å². The van der Waals surface area contributed by atoms with Crippen molar-refractivity contribution in [3.63, 3.8) is 0 Å². The summed E-state index contributed by atoms with van der Waals surface area (Å²) < 4.78 is 16.2. The monoisotopic (exact) mass is 341 g/mol. The van der Waals surface area contributed by atoms with E-state index in [4.69, 9.17) is 0 Å². The molecule has 3 rings (SSSR count). The van der Waals surface area contributed by atoms with E-state index in [1.165, 1.54) is 11.0 Å². The minimum atomic E-state index is -0.300. The largest absolute Gasteiger partial charge is 0.336 e. The summed E-state index contributed by atoms with van der Waals surface area (Å²) in [6, 6.07) is 14.9. The van der Waals surface area contributed by atoms with Crippen LogP contribution >= 0.6 is 11.8 Å². The van der Waals surface area contributed by atoms with Crippen LogP contribution in [0.1, 0.15) is 23.0 Å². The van der Waals surface area contributed by atoms with E-state index in [1.54, 1.807) is 30.1 Å². The predicted molar refractivity (Wildman–Crippen MR) is 96.5 cm³/mol. The lowest BCUT2D eigenvalue weighted by molar-refractivity contribution is 0.520. The third kappa shape index (κ3) is 3.68. The molecule has 3 aromatic rings. The smallest absolute Gasteiger partial charge is 0.130 e. The number of hydrogen-bond donors (Lipinski definition) is 1. The molecular weight excluding hydrogens is 321 g/mol. The van der Waals surface area contributed by atoms with Gasteiger partial charge in [-0.2, -0.15) is 0 Å². The van der Waals surface area contributed by atoms with E-state index < -0.39 is 0 Å². The summed E-state index contributed by atoms with van der Waals surface area (Å²) in [6.07, 6.45) is 5.67. The maximum atomic E-state index is 14.3. The van der Waals surface area contributed by atoms with Crippen LogP contribution in [0.3, 0.4) is 0 Å². The number of imidazole rings is 1. The van der Waals surface area contributed by atoms with Crippen molar-refractivity contribution < 1.29 is 4.39 Å². The van der Waals surface area contributed by atoms with Crippen LogP contribution in [0.2, 0.25) is 0 Å². The van der Waals surface area contributed by atoms with Crippen molar-refractivity contribution in [3.8, 4) is 0 Å². The topological polar surface area (TPSA) is 29.9 Å². The van der Waals surface area contributed by atoms with E-state index in [-0.39, 0.29) is 11.9 Å². The Morgan fingerprint density at radius 1 is 1.17 bits per heavy atom. The van der Waals surface area contributed by atoms with E-state index in [2.05, 4.69) is 40.8 Å². The fraction of sp³-hybridized carbons (Fsp3) is 0.211. The molecule has 0 unspecified atom stereocenters. The molecular formula is C19H20FN3S. The summed E-state index contributed by atoms with van der Waals surface area (Å²) in [5, 5.41) is 3.44. The first kappa shape index (κ1) is 16.7. The zero-order valence-electron chi connectivity index (χ0n) is 13.7. The van der Waals surface area contributed by atoms with Crippen molar-refractivity contribution in [2.24, 2.45) is 7.05 Å². The van der Waals surface area contributed by atoms with Crippen molar-refractivity contribution >= 4 is 11.8 Å². The Bertz CT molecular complexity index is 798. The normalized spacial score (nSPS) is 12.3. The average molecular weight is 341 g/mol. The first-order valence-electron chi connectivity index (χ1n) is 7.77. The molecule has 0 bridgehead atoms. The highest BCUT2D eigenvalue weighted by molar-refractivity contribution is 7.98. The first-order chi connectivity index (χ1) is 11.7. The molecule has 1 atom stereocenters. The highest BCUT2D eigenvalue weighted by Gasteiger charge is 2.20. The summed E-state index contributed by atoms with van der Waals surface area (Å²) in [4.78, 5) is 5.63. The lowest BCUT2D eigenvalue weighted by Gasteiger charge is -2.20. The number of aryl methyl sites for hydroxylation is 1. The molecule has 1 aromatic heterocycles. The van der Waals surface area contributed by atoms with Crippen LogP contribution in [-0.4, -0.2) is 15.8 Å². The molecule has 1 N–H and O–H groups in total. The Hall–Kier alpha value is -2.11. The van der Waals surface area contributed by atoms with Crippen LogP contribution in [-0.2, 0) is 13.6 Å². The third-order valence-electron chi connectivity index (χ3n) is 4.00. The number of aromatic nitrogens is 2. The van der Waals surface area contributed by atoms with Crippen molar-refractivity contribution in [1.82, 2.24) is 14.9 Å². The fourth-order valence-corrected chi connectivity index (χ4v) is 3.08. The summed E-state index contributed by atoms with van der Waals surface area (Å²) in [5.41, 5.74) is 1.76. The van der Waals surface area contributed by atoms with Gasteiger partial charge in [0.15, 0.2) is 0 Å². The van der Waals surface area contributed by atoms with Crippen LogP contribution in [0, 0.1) is 5.82 Å². The Morgan fingerprint density at radius 3 is 2.54 bits per heavy atom. The molecule has 0 radical (unpaired) electrons. The summed E-state index contributed by atoms with van der Waals surface area (Å²) in [5.74, 6) is 0.566. The molecule has 5 heteroatoms. The van der Waals surface area contributed by atoms with Crippen LogP contribution in [0.15, 0.2) is 65.8 Å². The van der Waals surface area contributed by atoms with Crippen LogP contribution < -0.4 is 5.32 Å². The molecule has 0 spiro atoms. The van der Waals surface area contributed by atoms with Gasteiger partial charge >= 0.3 is 0 Å². The van der Waals surface area contributed by atoms with Gasteiger partial charge in [-0.3, -0.25) is 5.32 Å². The number of rotatable bonds is 6. The van der Waals surface area contributed by atoms with Crippen LogP contribution in [0.4, 0.5) is 4.39 Å². The highest BCUT2D eigenvalue weighted by Crippen LogP contribution is 2.24. The number of hydrogen-bond acceptors (Lipinski definition) is 3. The fourth-order valence-electron chi connectivity index (χ4n) is 2.67. The molecule has 0 aliphatic heterocycles. The van der Waals surface area contributed by atoms with Crippen LogP contribution in [0.25, 0.3) is 0 Å². The van der Waals surface area contributed by atoms with Gasteiger partial charge in [-0.1, -0.05) is 30.3 Å². The maximum absolute atomic E-state index is 14.3. The Morgan fingerprint density at radius 2 is 1.92 bits per heavy atom. The first-order valence-corrected chi connectivity index (χ1v) is 8.99. The molecule has 0 aliphatic carbocycles. The predicted octanol–water partition coefficient (Wildman–Crippen LogP) is 4.16. The Labute approximate surface area is 145 Å². The number of thioether (sulfide) groups is 1.